The van der Waals surface area contributed by atoms with Gasteiger partial charge in [-0.2, -0.15) is 5.10 Å². The Morgan fingerprint density at radius 1 is 1.38 bits per heavy atom. The van der Waals surface area contributed by atoms with Gasteiger partial charge < -0.3 is 15.2 Å². The van der Waals surface area contributed by atoms with Crippen LogP contribution in [0.1, 0.15) is 11.1 Å². The smallest absolute Gasteiger partial charge is 0.259 e. The number of phenols is 1. The topological polar surface area (TPSA) is 83.0 Å². The Hall–Kier alpha value is -2.54. The van der Waals surface area contributed by atoms with E-state index in [2.05, 4.69) is 31.8 Å². The molecule has 0 heterocycles. The van der Waals surface area contributed by atoms with Gasteiger partial charge in [0.05, 0.1) is 24.3 Å². The average molecular weight is 392 g/mol. The Bertz CT molecular complexity index is 763. The van der Waals surface area contributed by atoms with Gasteiger partial charge in [0.2, 0.25) is 0 Å². The molecule has 24 heavy (non-hydrogen) atoms. The third-order valence-electron chi connectivity index (χ3n) is 3.26. The van der Waals surface area contributed by atoms with E-state index in [-0.39, 0.29) is 18.2 Å². The van der Waals surface area contributed by atoms with Gasteiger partial charge in [0.25, 0.3) is 5.91 Å². The molecule has 0 aliphatic heterocycles. The van der Waals surface area contributed by atoms with Gasteiger partial charge in [0.15, 0.2) is 11.5 Å². The number of amides is 1. The lowest BCUT2D eigenvalue weighted by molar-refractivity contribution is -0.119. The third-order valence-corrected chi connectivity index (χ3v) is 3.86. The number of ether oxygens (including phenoxy) is 1. The Balaban J connectivity index is 1.91. The number of nitrogens with one attached hydrogen (secondary N) is 2. The highest BCUT2D eigenvalue weighted by Gasteiger charge is 2.07. The van der Waals surface area contributed by atoms with Crippen LogP contribution >= 0.6 is 15.9 Å². The van der Waals surface area contributed by atoms with Gasteiger partial charge in [-0.3, -0.25) is 4.79 Å². The summed E-state index contributed by atoms with van der Waals surface area (Å²) in [7, 11) is 1.46. The second-order valence-electron chi connectivity index (χ2n) is 5.02. The molecule has 1 amide bonds. The summed E-state index contributed by atoms with van der Waals surface area (Å²) in [5.41, 5.74) is 5.08. The standard InChI is InChI=1S/C17H18BrN3O3/c1-11-5-3-4-6-14(11)19-10-16(22)21-20-9-12-7-13(18)17(23)15(8-12)24-2/h3-9,19,23H,10H2,1-2H3,(H,21,22). The summed E-state index contributed by atoms with van der Waals surface area (Å²) >= 11 is 3.23. The lowest BCUT2D eigenvalue weighted by Crippen LogP contribution is -2.26. The predicted octanol–water partition coefficient (Wildman–Crippen LogP) is 3.03. The van der Waals surface area contributed by atoms with Crippen LogP contribution in [0.2, 0.25) is 0 Å². The van der Waals surface area contributed by atoms with Crippen molar-refractivity contribution in [3.8, 4) is 11.5 Å². The van der Waals surface area contributed by atoms with Crippen LogP contribution in [0.25, 0.3) is 0 Å². The molecule has 0 aromatic heterocycles. The molecule has 0 fully saturated rings. The first-order valence-corrected chi connectivity index (χ1v) is 7.98. The van der Waals surface area contributed by atoms with Crippen LogP contribution in [0, 0.1) is 6.92 Å². The minimum absolute atomic E-state index is 0.0149. The lowest BCUT2D eigenvalue weighted by Gasteiger charge is -2.08. The molecule has 2 aromatic carbocycles. The number of aryl methyl sites for hydroxylation is 1. The highest BCUT2D eigenvalue weighted by molar-refractivity contribution is 9.10. The number of carbonyl (C=O) groups excluding carboxylic acids is 1. The summed E-state index contributed by atoms with van der Waals surface area (Å²) in [6.45, 7) is 2.08. The first-order chi connectivity index (χ1) is 11.5. The molecule has 0 spiro atoms. The summed E-state index contributed by atoms with van der Waals surface area (Å²) in [4.78, 5) is 11.8. The minimum atomic E-state index is -0.265. The van der Waals surface area contributed by atoms with Crippen molar-refractivity contribution < 1.29 is 14.6 Å². The number of halogens is 1. The molecular formula is C17H18BrN3O3. The Kier molecular flexibility index (Phi) is 6.20. The number of phenolic OH excluding ortho intramolecular Hbond substituents is 1. The number of benzene rings is 2. The fourth-order valence-corrected chi connectivity index (χ4v) is 2.45. The average Bonchev–Trinajstić information content (AvgIpc) is 2.57. The zero-order valence-electron chi connectivity index (χ0n) is 13.3. The van der Waals surface area contributed by atoms with E-state index in [0.29, 0.717) is 15.8 Å². The van der Waals surface area contributed by atoms with Crippen LogP contribution in [-0.2, 0) is 4.79 Å². The van der Waals surface area contributed by atoms with E-state index in [1.807, 2.05) is 31.2 Å². The van der Waals surface area contributed by atoms with Crippen molar-refractivity contribution in [2.24, 2.45) is 5.10 Å². The van der Waals surface area contributed by atoms with Crippen molar-refractivity contribution in [1.82, 2.24) is 5.43 Å². The van der Waals surface area contributed by atoms with Gasteiger partial charge in [0, 0.05) is 5.69 Å². The number of para-hydroxylation sites is 1. The van der Waals surface area contributed by atoms with Crippen molar-refractivity contribution in [3.63, 3.8) is 0 Å². The number of carbonyl (C=O) groups is 1. The quantitative estimate of drug-likeness (QED) is 0.521. The molecule has 0 atom stereocenters. The van der Waals surface area contributed by atoms with Crippen LogP contribution in [0.15, 0.2) is 46.0 Å². The monoisotopic (exact) mass is 391 g/mol. The van der Waals surface area contributed by atoms with E-state index in [9.17, 15) is 9.90 Å². The van der Waals surface area contributed by atoms with Crippen LogP contribution in [-0.4, -0.2) is 30.9 Å². The molecule has 3 N–H and O–H groups in total. The Morgan fingerprint density at radius 3 is 2.83 bits per heavy atom. The maximum absolute atomic E-state index is 11.8. The number of methoxy groups -OCH3 is 1. The molecule has 0 saturated carbocycles. The van der Waals surface area contributed by atoms with Crippen molar-refractivity contribution >= 4 is 33.7 Å². The van der Waals surface area contributed by atoms with Gasteiger partial charge >= 0.3 is 0 Å². The van der Waals surface area contributed by atoms with Crippen molar-refractivity contribution in [3.05, 3.63) is 52.0 Å². The fourth-order valence-electron chi connectivity index (χ4n) is 1.99. The van der Waals surface area contributed by atoms with E-state index < -0.39 is 0 Å². The third kappa shape index (κ3) is 4.73. The molecule has 0 aliphatic rings. The second kappa shape index (κ2) is 8.35. The van der Waals surface area contributed by atoms with Crippen LogP contribution in [0.4, 0.5) is 5.69 Å². The number of anilines is 1. The predicted molar refractivity (Wildman–Crippen MR) is 97.8 cm³/mol. The highest BCUT2D eigenvalue weighted by atomic mass is 79.9. The van der Waals surface area contributed by atoms with Crippen molar-refractivity contribution in [2.45, 2.75) is 6.92 Å². The molecular weight excluding hydrogens is 374 g/mol. The Labute approximate surface area is 148 Å². The largest absolute Gasteiger partial charge is 0.503 e. The number of aromatic hydroxyl groups is 1. The number of rotatable bonds is 6. The molecule has 0 aliphatic carbocycles. The first kappa shape index (κ1) is 17.8. The van der Waals surface area contributed by atoms with Gasteiger partial charge in [-0.15, -0.1) is 0 Å². The molecule has 0 unspecified atom stereocenters. The van der Waals surface area contributed by atoms with Gasteiger partial charge in [-0.1, -0.05) is 18.2 Å². The van der Waals surface area contributed by atoms with E-state index in [4.69, 9.17) is 4.74 Å². The van der Waals surface area contributed by atoms with Gasteiger partial charge in [-0.05, 0) is 52.2 Å². The summed E-state index contributed by atoms with van der Waals surface area (Å²) < 4.78 is 5.54. The first-order valence-electron chi connectivity index (χ1n) is 7.19. The molecule has 0 radical (unpaired) electrons. The summed E-state index contributed by atoms with van der Waals surface area (Å²) in [5, 5.41) is 16.7. The van der Waals surface area contributed by atoms with Crippen molar-refractivity contribution in [1.29, 1.82) is 0 Å². The van der Waals surface area contributed by atoms with E-state index in [1.54, 1.807) is 12.1 Å². The molecule has 126 valence electrons. The number of hydrogen-bond donors (Lipinski definition) is 3. The fraction of sp³-hybridized carbons (Fsp3) is 0.176. The molecule has 2 rings (SSSR count). The van der Waals surface area contributed by atoms with Crippen LogP contribution in [0.5, 0.6) is 11.5 Å². The van der Waals surface area contributed by atoms with Gasteiger partial charge in [-0.25, -0.2) is 5.43 Å². The lowest BCUT2D eigenvalue weighted by atomic mass is 10.2. The molecule has 6 nitrogen and oxygen atoms in total. The summed E-state index contributed by atoms with van der Waals surface area (Å²) in [6, 6.07) is 11.0. The molecule has 0 bridgehead atoms. The van der Waals surface area contributed by atoms with E-state index >= 15 is 0 Å². The van der Waals surface area contributed by atoms with E-state index in [0.717, 1.165) is 11.3 Å². The zero-order chi connectivity index (χ0) is 17.5. The Morgan fingerprint density at radius 2 is 2.12 bits per heavy atom. The zero-order valence-corrected chi connectivity index (χ0v) is 14.9. The van der Waals surface area contributed by atoms with Gasteiger partial charge in [0.1, 0.15) is 0 Å². The highest BCUT2D eigenvalue weighted by Crippen LogP contribution is 2.34. The minimum Gasteiger partial charge on any atom is -0.503 e. The summed E-state index contributed by atoms with van der Waals surface area (Å²) in [6.07, 6.45) is 1.47. The SMILES string of the molecule is COc1cc(C=NNC(=O)CNc2ccccc2C)cc(Br)c1O. The normalized spacial score (nSPS) is 10.6. The number of hydrogen-bond acceptors (Lipinski definition) is 5. The van der Waals surface area contributed by atoms with E-state index in [1.165, 1.54) is 13.3 Å². The molecule has 2 aromatic rings. The number of nitrogens with zero attached hydrogens (tertiary/aromatic N) is 1. The van der Waals surface area contributed by atoms with Crippen LogP contribution in [0.3, 0.4) is 0 Å². The van der Waals surface area contributed by atoms with Crippen molar-refractivity contribution in [2.75, 3.05) is 19.0 Å². The molecule has 0 saturated heterocycles. The van der Waals surface area contributed by atoms with Crippen LogP contribution < -0.4 is 15.5 Å². The molecule has 7 heteroatoms. The second-order valence-corrected chi connectivity index (χ2v) is 5.87. The maximum Gasteiger partial charge on any atom is 0.259 e. The maximum atomic E-state index is 11.8. The number of hydrazone groups is 1. The summed E-state index contributed by atoms with van der Waals surface area (Å²) in [5.74, 6) is 0.0683.